The fraction of sp³-hybridized carbons (Fsp3) is 0.556. The van der Waals surface area contributed by atoms with Crippen molar-refractivity contribution < 1.29 is 4.79 Å². The third-order valence-electron chi connectivity index (χ3n) is 2.01. The van der Waals surface area contributed by atoms with Crippen LogP contribution < -0.4 is 0 Å². The van der Waals surface area contributed by atoms with Gasteiger partial charge >= 0.3 is 0 Å². The van der Waals surface area contributed by atoms with E-state index in [1.807, 2.05) is 25.5 Å². The fourth-order valence-electron chi connectivity index (χ4n) is 1.45. The predicted molar refractivity (Wildman–Crippen MR) is 52.3 cm³/mol. The number of aromatic nitrogens is 2. The van der Waals surface area contributed by atoms with Gasteiger partial charge in [-0.1, -0.05) is 0 Å². The summed E-state index contributed by atoms with van der Waals surface area (Å²) in [7, 11) is 0. The number of rotatable bonds is 2. The molecule has 1 rings (SSSR count). The first-order valence-electron chi connectivity index (χ1n) is 4.20. The lowest BCUT2D eigenvalue weighted by atomic mass is 10.2. The van der Waals surface area contributed by atoms with Crippen LogP contribution in [0.15, 0.2) is 0 Å². The Bertz CT molecular complexity index is 342. The second kappa shape index (κ2) is 3.50. The maximum Gasteiger partial charge on any atom is 0.256 e. The van der Waals surface area contributed by atoms with Crippen LogP contribution in [0.4, 0.5) is 0 Å². The molecule has 1 aromatic heterocycles. The summed E-state index contributed by atoms with van der Waals surface area (Å²) in [6.45, 7) is 7.68. The number of aryl methyl sites for hydroxylation is 1. The summed E-state index contributed by atoms with van der Waals surface area (Å²) in [5.41, 5.74) is 2.08. The van der Waals surface area contributed by atoms with Crippen LogP contribution in [0.3, 0.4) is 0 Å². The lowest BCUT2D eigenvalue weighted by Crippen LogP contribution is -2.05. The molecule has 0 saturated carbocycles. The Morgan fingerprint density at radius 3 is 2.23 bits per heavy atom. The van der Waals surface area contributed by atoms with Gasteiger partial charge in [-0.3, -0.25) is 9.48 Å². The van der Waals surface area contributed by atoms with Crippen molar-refractivity contribution in [3.05, 3.63) is 17.0 Å². The van der Waals surface area contributed by atoms with Crippen molar-refractivity contribution in [2.24, 2.45) is 0 Å². The first-order chi connectivity index (χ1) is 5.95. The molecule has 0 atom stereocenters. The SMILES string of the molecule is Cc1nn(C(C)C)c(C)c1C(=O)Cl. The number of carbonyl (C=O) groups excluding carboxylic acids is 1. The monoisotopic (exact) mass is 200 g/mol. The van der Waals surface area contributed by atoms with Crippen molar-refractivity contribution in [3.8, 4) is 0 Å². The molecule has 0 unspecified atom stereocenters. The fourth-order valence-corrected chi connectivity index (χ4v) is 1.72. The van der Waals surface area contributed by atoms with Crippen molar-refractivity contribution in [1.82, 2.24) is 9.78 Å². The molecule has 13 heavy (non-hydrogen) atoms. The highest BCUT2D eigenvalue weighted by Gasteiger charge is 2.17. The second-order valence-electron chi connectivity index (χ2n) is 3.36. The van der Waals surface area contributed by atoms with E-state index in [-0.39, 0.29) is 6.04 Å². The maximum absolute atomic E-state index is 11.0. The highest BCUT2D eigenvalue weighted by atomic mass is 35.5. The molecule has 4 heteroatoms. The van der Waals surface area contributed by atoms with Gasteiger partial charge < -0.3 is 0 Å². The lowest BCUT2D eigenvalue weighted by molar-refractivity contribution is 0.108. The zero-order chi connectivity index (χ0) is 10.2. The Labute approximate surface area is 82.7 Å². The summed E-state index contributed by atoms with van der Waals surface area (Å²) in [6.07, 6.45) is 0. The first kappa shape index (κ1) is 10.3. The Morgan fingerprint density at radius 2 is 2.00 bits per heavy atom. The molecule has 1 heterocycles. The Kier molecular flexibility index (Phi) is 2.76. The van der Waals surface area contributed by atoms with Gasteiger partial charge in [-0.25, -0.2) is 0 Å². The highest BCUT2D eigenvalue weighted by Crippen LogP contribution is 2.18. The Hall–Kier alpha value is -0.830. The molecule has 0 amide bonds. The summed E-state index contributed by atoms with van der Waals surface area (Å²) in [4.78, 5) is 11.0. The van der Waals surface area contributed by atoms with E-state index in [4.69, 9.17) is 11.6 Å². The van der Waals surface area contributed by atoms with E-state index in [0.717, 1.165) is 5.69 Å². The number of hydrogen-bond acceptors (Lipinski definition) is 2. The van der Waals surface area contributed by atoms with Gasteiger partial charge in [0.1, 0.15) is 0 Å². The van der Waals surface area contributed by atoms with Gasteiger partial charge in [-0.15, -0.1) is 0 Å². The molecule has 1 aromatic rings. The van der Waals surface area contributed by atoms with Gasteiger partial charge in [-0.05, 0) is 39.3 Å². The van der Waals surface area contributed by atoms with Crippen LogP contribution in [-0.2, 0) is 0 Å². The van der Waals surface area contributed by atoms with Crippen LogP contribution in [0.5, 0.6) is 0 Å². The van der Waals surface area contributed by atoms with Crippen molar-refractivity contribution in [1.29, 1.82) is 0 Å². The molecular weight excluding hydrogens is 188 g/mol. The average Bonchev–Trinajstić information content (AvgIpc) is 2.26. The maximum atomic E-state index is 11.0. The van der Waals surface area contributed by atoms with Gasteiger partial charge in [0.05, 0.1) is 11.3 Å². The van der Waals surface area contributed by atoms with Gasteiger partial charge in [0.25, 0.3) is 5.24 Å². The van der Waals surface area contributed by atoms with Crippen molar-refractivity contribution in [2.45, 2.75) is 33.7 Å². The largest absolute Gasteiger partial charge is 0.275 e. The molecule has 0 saturated heterocycles. The van der Waals surface area contributed by atoms with Crippen LogP contribution >= 0.6 is 11.6 Å². The molecular formula is C9H13ClN2O. The van der Waals surface area contributed by atoms with Crippen LogP contribution in [0.25, 0.3) is 0 Å². The molecule has 72 valence electrons. The molecule has 3 nitrogen and oxygen atoms in total. The van der Waals surface area contributed by atoms with E-state index in [0.29, 0.717) is 11.3 Å². The van der Waals surface area contributed by atoms with Gasteiger partial charge in [0, 0.05) is 11.7 Å². The van der Waals surface area contributed by atoms with E-state index in [9.17, 15) is 4.79 Å². The standard InChI is InChI=1S/C9H13ClN2O/c1-5(2)12-7(4)8(9(10)13)6(3)11-12/h5H,1-4H3. The summed E-state index contributed by atoms with van der Waals surface area (Å²) >= 11 is 5.44. The molecule has 0 bridgehead atoms. The molecule has 0 aliphatic rings. The Morgan fingerprint density at radius 1 is 1.46 bits per heavy atom. The predicted octanol–water partition coefficient (Wildman–Crippen LogP) is 2.46. The minimum atomic E-state index is -0.429. The molecule has 0 fully saturated rings. The van der Waals surface area contributed by atoms with Crippen molar-refractivity contribution in [3.63, 3.8) is 0 Å². The third-order valence-corrected chi connectivity index (χ3v) is 2.20. The topological polar surface area (TPSA) is 34.9 Å². The quantitative estimate of drug-likeness (QED) is 0.688. The van der Waals surface area contributed by atoms with E-state index < -0.39 is 5.24 Å². The van der Waals surface area contributed by atoms with Crippen molar-refractivity contribution >= 4 is 16.8 Å². The number of hydrogen-bond donors (Lipinski definition) is 0. The van der Waals surface area contributed by atoms with E-state index in [2.05, 4.69) is 5.10 Å². The number of halogens is 1. The summed E-state index contributed by atoms with van der Waals surface area (Å²) in [6, 6.07) is 0.253. The third kappa shape index (κ3) is 1.75. The Balaban J connectivity index is 3.30. The first-order valence-corrected chi connectivity index (χ1v) is 4.58. The van der Waals surface area contributed by atoms with Gasteiger partial charge in [-0.2, -0.15) is 5.10 Å². The zero-order valence-electron chi connectivity index (χ0n) is 8.26. The van der Waals surface area contributed by atoms with Crippen LogP contribution in [0.1, 0.15) is 41.6 Å². The molecule has 0 radical (unpaired) electrons. The minimum Gasteiger partial charge on any atom is -0.275 e. The van der Waals surface area contributed by atoms with Crippen LogP contribution in [0.2, 0.25) is 0 Å². The molecule has 0 aromatic carbocycles. The molecule has 0 aliphatic carbocycles. The van der Waals surface area contributed by atoms with Gasteiger partial charge in [0.15, 0.2) is 0 Å². The lowest BCUT2D eigenvalue weighted by Gasteiger charge is -2.07. The van der Waals surface area contributed by atoms with Crippen LogP contribution in [0, 0.1) is 13.8 Å². The average molecular weight is 201 g/mol. The normalized spacial score (nSPS) is 10.9. The number of nitrogens with zero attached hydrogens (tertiary/aromatic N) is 2. The highest BCUT2D eigenvalue weighted by molar-refractivity contribution is 6.68. The van der Waals surface area contributed by atoms with E-state index in [1.165, 1.54) is 0 Å². The zero-order valence-corrected chi connectivity index (χ0v) is 9.01. The smallest absolute Gasteiger partial charge is 0.256 e. The van der Waals surface area contributed by atoms with E-state index >= 15 is 0 Å². The van der Waals surface area contributed by atoms with Crippen molar-refractivity contribution in [2.75, 3.05) is 0 Å². The minimum absolute atomic E-state index is 0.253. The van der Waals surface area contributed by atoms with E-state index in [1.54, 1.807) is 6.92 Å². The van der Waals surface area contributed by atoms with Gasteiger partial charge in [0.2, 0.25) is 0 Å². The molecule has 0 aliphatic heterocycles. The summed E-state index contributed by atoms with van der Waals surface area (Å²) in [5.74, 6) is 0. The number of carbonyl (C=O) groups is 1. The second-order valence-corrected chi connectivity index (χ2v) is 3.70. The molecule has 0 N–H and O–H groups in total. The summed E-state index contributed by atoms with van der Waals surface area (Å²) in [5, 5.41) is 3.81. The summed E-state index contributed by atoms with van der Waals surface area (Å²) < 4.78 is 1.81. The molecule has 0 spiro atoms. The van der Waals surface area contributed by atoms with Crippen LogP contribution in [-0.4, -0.2) is 15.0 Å².